The summed E-state index contributed by atoms with van der Waals surface area (Å²) in [7, 11) is 0. The van der Waals surface area contributed by atoms with Crippen molar-refractivity contribution < 1.29 is 49.8 Å². The van der Waals surface area contributed by atoms with Gasteiger partial charge in [-0.05, 0) is 193 Å². The number of rotatable bonds is 96. The molecule has 0 aliphatic heterocycles. The molecule has 12 nitrogen and oxygen atoms in total. The molecule has 19 heteroatoms. The predicted octanol–water partition coefficient (Wildman–Crippen LogP) is 37.7. The SMILES string of the molecule is CCCCCCCC/C=C\CCCCCCCCNC(=O)[S-].CCCCCCCC/C=C\CCCCCCCCNC(=O)[S-].CCCCCCCC/C=C\CCCCCCCCNC(=O)[S-].CCCCCCCC/C=C\CCCCCCCCNC(=O)[S-].CCCCCCCC/C=C\CCCCCCCCNC(=O)[S-].CCCCCCCC/C=C\CCCCCCCCNC(=O)[S-].[Mo]. The van der Waals surface area contributed by atoms with Crippen LogP contribution in [0.5, 0.6) is 0 Å². The van der Waals surface area contributed by atoms with Gasteiger partial charge in [0.25, 0.3) is 0 Å². The molecule has 0 aliphatic carbocycles. The van der Waals surface area contributed by atoms with Crippen molar-refractivity contribution in [2.45, 2.75) is 581 Å². The van der Waals surface area contributed by atoms with Gasteiger partial charge in [-0.25, -0.2) is 0 Å². The summed E-state index contributed by atoms with van der Waals surface area (Å²) in [6, 6.07) is 0. The van der Waals surface area contributed by atoms with Gasteiger partial charge in [-0.15, -0.1) is 0 Å². The molecule has 0 bridgehead atoms. The molecule has 0 aromatic rings. The maximum Gasteiger partial charge on any atom is 0.0980 e. The zero-order valence-corrected chi connectivity index (χ0v) is 94.8. The third kappa shape index (κ3) is 169. The van der Waals surface area contributed by atoms with Crippen molar-refractivity contribution in [2.24, 2.45) is 0 Å². The van der Waals surface area contributed by atoms with Crippen molar-refractivity contribution >= 4 is 107 Å². The molecule has 0 aliphatic rings. The van der Waals surface area contributed by atoms with Crippen molar-refractivity contribution in [2.75, 3.05) is 39.3 Å². The molecule has 0 aromatic carbocycles. The molecule has 786 valence electrons. The molecule has 133 heavy (non-hydrogen) atoms. The molecule has 0 unspecified atom stereocenters. The Labute approximate surface area is 874 Å². The predicted molar refractivity (Wildman–Crippen MR) is 601 cm³/mol. The maximum absolute atomic E-state index is 10.5. The molecule has 0 rings (SSSR count). The average Bonchev–Trinajstić information content (AvgIpc) is 1.10. The van der Waals surface area contributed by atoms with E-state index in [0.29, 0.717) is 0 Å². The quantitative estimate of drug-likeness (QED) is 0.0147. The minimum absolute atomic E-state index is 0. The number of hydrogen-bond acceptors (Lipinski definition) is 12. The van der Waals surface area contributed by atoms with E-state index < -0.39 is 0 Å². The zero-order valence-electron chi connectivity index (χ0n) is 87.9. The first-order valence-corrected chi connectivity index (χ1v) is 58.7. The second-order valence-corrected chi connectivity index (χ2v) is 39.1. The summed E-state index contributed by atoms with van der Waals surface area (Å²) in [4.78, 5) is 63.0. The van der Waals surface area contributed by atoms with E-state index in [9.17, 15) is 28.8 Å². The minimum atomic E-state index is -0.326. The summed E-state index contributed by atoms with van der Waals surface area (Å²) >= 11 is 26.6. The molecule has 0 heterocycles. The number of unbranched alkanes of at least 4 members (excludes halogenated alkanes) is 72. The normalized spacial score (nSPS) is 11.1. The standard InChI is InChI=1S/6C19H37NOS.Mo/c6*1-2-3-4-5-6-7-8-9-10-11-12-13-14-15-16-17-18-20-19(21)22;/h6*9-10H,2-8,11-18H2,1H3,(H2,20,21,22);/p-6/b6*10-9-;. The van der Waals surface area contributed by atoms with Crippen LogP contribution >= 0.6 is 0 Å². The van der Waals surface area contributed by atoms with Gasteiger partial charge < -0.3 is 136 Å². The molecule has 6 N–H and O–H groups in total. The molecule has 6 amide bonds. The largest absolute Gasteiger partial charge is 0.719 e. The molecule has 0 atom stereocenters. The van der Waals surface area contributed by atoms with Crippen LogP contribution in [0.15, 0.2) is 72.9 Å². The van der Waals surface area contributed by atoms with Gasteiger partial charge in [-0.1, -0.05) is 461 Å². The smallest absolute Gasteiger partial charge is 0.0980 e. The summed E-state index contributed by atoms with van der Waals surface area (Å²) in [6.45, 7) is 18.0. The van der Waals surface area contributed by atoms with Crippen LogP contribution in [0.3, 0.4) is 0 Å². The van der Waals surface area contributed by atoms with Gasteiger partial charge in [0.05, 0.1) is 31.4 Å². The third-order valence-electron chi connectivity index (χ3n) is 23.7. The van der Waals surface area contributed by atoms with Crippen LogP contribution in [0.25, 0.3) is 0 Å². The van der Waals surface area contributed by atoms with Crippen LogP contribution in [0.4, 0.5) is 28.8 Å². The van der Waals surface area contributed by atoms with Gasteiger partial charge in [-0.2, -0.15) is 0 Å². The average molecular weight is 2060 g/mol. The van der Waals surface area contributed by atoms with Crippen molar-refractivity contribution in [3.05, 3.63) is 72.9 Å². The molecular formula is C114H216MoN6O6S6-6. The summed E-state index contributed by atoms with van der Waals surface area (Å²) in [6.07, 6.45) is 138. The molecule has 0 spiro atoms. The van der Waals surface area contributed by atoms with Gasteiger partial charge >= 0.3 is 0 Å². The first-order chi connectivity index (χ1) is 64.6. The number of carbonyl (C=O) groups is 6. The van der Waals surface area contributed by atoms with Crippen LogP contribution < -0.4 is 31.9 Å². The van der Waals surface area contributed by atoms with E-state index in [0.717, 1.165) is 77.8 Å². The maximum atomic E-state index is 10.5. The van der Waals surface area contributed by atoms with E-state index >= 15 is 0 Å². The summed E-state index contributed by atoms with van der Waals surface area (Å²) < 4.78 is 0. The number of hydrogen-bond donors (Lipinski definition) is 6. The van der Waals surface area contributed by atoms with E-state index in [1.807, 2.05) is 0 Å². The van der Waals surface area contributed by atoms with Gasteiger partial charge in [0.15, 0.2) is 0 Å². The monoisotopic (exact) mass is 2060 g/mol. The zero-order chi connectivity index (χ0) is 97.8. The van der Waals surface area contributed by atoms with Gasteiger partial charge in [0, 0.05) is 60.3 Å². The Morgan fingerprint density at radius 2 is 0.211 bits per heavy atom. The number of carbonyl (C=O) groups excluding carboxylic acids is 6. The van der Waals surface area contributed by atoms with Gasteiger partial charge in [-0.3, -0.25) is 0 Å². The molecule has 0 saturated carbocycles. The third-order valence-corrected chi connectivity index (χ3v) is 24.6. The second kappa shape index (κ2) is 140. The van der Waals surface area contributed by atoms with E-state index in [-0.39, 0.29) is 52.5 Å². The van der Waals surface area contributed by atoms with E-state index in [4.69, 9.17) is 0 Å². The number of amides is 6. The fraction of sp³-hybridized carbons (Fsp3) is 0.842. The first-order valence-electron chi connectivity index (χ1n) is 56.2. The summed E-state index contributed by atoms with van der Waals surface area (Å²) in [5.74, 6) is 0. The van der Waals surface area contributed by atoms with Crippen LogP contribution in [-0.4, -0.2) is 70.7 Å². The Bertz CT molecular complexity index is 2020. The van der Waals surface area contributed by atoms with Crippen molar-refractivity contribution in [1.29, 1.82) is 0 Å². The first kappa shape index (κ1) is 143. The molecule has 0 aromatic heterocycles. The molecule has 0 radical (unpaired) electrons. The van der Waals surface area contributed by atoms with E-state index in [1.54, 1.807) is 0 Å². The van der Waals surface area contributed by atoms with Gasteiger partial charge in [0.2, 0.25) is 0 Å². The van der Waals surface area contributed by atoms with Gasteiger partial charge in [0.1, 0.15) is 0 Å². The Morgan fingerprint density at radius 3 is 0.293 bits per heavy atom. The Hall–Kier alpha value is -2.73. The van der Waals surface area contributed by atoms with E-state index in [2.05, 4.69) is 222 Å². The Morgan fingerprint density at radius 1 is 0.135 bits per heavy atom. The van der Waals surface area contributed by atoms with Crippen molar-refractivity contribution in [1.82, 2.24) is 31.9 Å². The van der Waals surface area contributed by atoms with Crippen LogP contribution in [-0.2, 0) is 96.8 Å². The van der Waals surface area contributed by atoms with Crippen molar-refractivity contribution in [3.8, 4) is 0 Å². The minimum Gasteiger partial charge on any atom is -0.719 e. The fourth-order valence-electron chi connectivity index (χ4n) is 15.4. The summed E-state index contributed by atoms with van der Waals surface area (Å²) in [5, 5.41) is 14.0. The second-order valence-electron chi connectivity index (χ2n) is 36.9. The number of allylic oxidation sites excluding steroid dienone is 12. The molecule has 0 fully saturated rings. The Balaban J connectivity index is -0.000000286. The topological polar surface area (TPSA) is 175 Å². The molecular weight excluding hydrogens is 1840 g/mol. The number of nitrogens with one attached hydrogen (secondary N) is 6. The molecule has 0 saturated heterocycles. The van der Waals surface area contributed by atoms with Crippen LogP contribution in [0, 0.1) is 0 Å². The Kier molecular flexibility index (Phi) is 151. The van der Waals surface area contributed by atoms with Crippen LogP contribution in [0.1, 0.15) is 581 Å². The summed E-state index contributed by atoms with van der Waals surface area (Å²) in [5.41, 5.74) is 0. The van der Waals surface area contributed by atoms with Crippen molar-refractivity contribution in [3.63, 3.8) is 0 Å². The van der Waals surface area contributed by atoms with Crippen LogP contribution in [0.2, 0.25) is 0 Å². The van der Waals surface area contributed by atoms with E-state index in [1.165, 1.54) is 501 Å². The fourth-order valence-corrected chi connectivity index (χ4v) is 16.0.